The highest BCUT2D eigenvalue weighted by molar-refractivity contribution is 6.12. The SMILES string of the molecule is N#C[C@@H]1CC(F)(F)CN1C(=O)CNC(=O)c1ccnc2c(NC(=O)CCC(=O)NCCCCC(NC(=O)CCC(=O)Nc3cccc4c(C(=O)NCC(=O)N5CC(F)(F)C[C@H]5C#N)ccnc34)C(=O)NC(CC(=O)O)C(=O)NC(CC(=O)O)C(=O)NC(CCCCNC(=O)c3ccc([18F])nc3)C(=O)O)cccc12. The first kappa shape index (κ1) is 82.4. The Kier molecular flexibility index (Phi) is 29.1. The number of likely N-dealkylation sites (tertiary alicyclic amines) is 2. The van der Waals surface area contributed by atoms with E-state index in [1.807, 2.05) is 5.32 Å². The molecule has 40 heteroatoms. The summed E-state index contributed by atoms with van der Waals surface area (Å²) in [5, 5.41) is 72.1. The second-order valence-electron chi connectivity index (χ2n) is 24.8. The Morgan fingerprint density at radius 3 is 1.38 bits per heavy atom. The summed E-state index contributed by atoms with van der Waals surface area (Å²) in [6.45, 7) is -3.62. The van der Waals surface area contributed by atoms with Crippen molar-refractivity contribution in [3.63, 3.8) is 0 Å². The molecule has 5 aromatic rings. The molecule has 2 fully saturated rings. The maximum atomic E-state index is 14.2. The minimum atomic E-state index is -3.31. The van der Waals surface area contributed by atoms with Crippen molar-refractivity contribution < 1.29 is 109 Å². The monoisotopic (exact) mass is 1510 g/mol. The van der Waals surface area contributed by atoms with Gasteiger partial charge >= 0.3 is 17.9 Å². The molecule has 7 rings (SSSR count). The molecular weight excluding hydrogens is 1440 g/mol. The van der Waals surface area contributed by atoms with E-state index < -0.39 is 214 Å². The van der Waals surface area contributed by atoms with Crippen LogP contribution in [-0.4, -0.2) is 216 Å². The van der Waals surface area contributed by atoms with E-state index in [2.05, 4.69) is 62.8 Å². The fourth-order valence-corrected chi connectivity index (χ4v) is 11.4. The first-order valence-electron chi connectivity index (χ1n) is 33.3. The number of unbranched alkanes of at least 4 members (excludes halogenated alkanes) is 2. The molecule has 108 heavy (non-hydrogen) atoms. The maximum absolute atomic E-state index is 14.2. The second kappa shape index (κ2) is 38.2. The molecule has 0 bridgehead atoms. The van der Waals surface area contributed by atoms with Crippen LogP contribution in [0.25, 0.3) is 21.8 Å². The number of benzene rings is 2. The molecule has 2 saturated heterocycles. The molecule has 0 saturated carbocycles. The lowest BCUT2D eigenvalue weighted by Gasteiger charge is -2.25. The molecule has 35 nitrogen and oxygen atoms in total. The van der Waals surface area contributed by atoms with Crippen LogP contribution in [-0.2, 0) is 57.5 Å². The Balaban J connectivity index is 0.967. The lowest BCUT2D eigenvalue weighted by molar-refractivity contribution is -0.145. The van der Waals surface area contributed by atoms with Gasteiger partial charge in [-0.2, -0.15) is 14.9 Å². The van der Waals surface area contributed by atoms with Crippen LogP contribution in [0.15, 0.2) is 79.3 Å². The average Bonchev–Trinajstić information content (AvgIpc) is 0.941. The van der Waals surface area contributed by atoms with E-state index in [1.54, 1.807) is 12.1 Å². The molecule has 0 radical (unpaired) electrons. The number of nitriles is 2. The van der Waals surface area contributed by atoms with Gasteiger partial charge in [0.1, 0.15) is 36.3 Å². The summed E-state index contributed by atoms with van der Waals surface area (Å²) in [7, 11) is 0. The number of para-hydroxylation sites is 2. The van der Waals surface area contributed by atoms with Gasteiger partial charge in [-0.1, -0.05) is 24.3 Å². The van der Waals surface area contributed by atoms with Crippen LogP contribution in [0.4, 0.5) is 33.3 Å². The van der Waals surface area contributed by atoms with Gasteiger partial charge in [-0.15, -0.1) is 0 Å². The maximum Gasteiger partial charge on any atom is 0.326 e. The van der Waals surface area contributed by atoms with Crippen molar-refractivity contribution in [1.82, 2.24) is 67.3 Å². The molecule has 12 amide bonds. The highest BCUT2D eigenvalue weighted by Crippen LogP contribution is 2.33. The van der Waals surface area contributed by atoms with Crippen molar-refractivity contribution in [3.8, 4) is 12.1 Å². The van der Waals surface area contributed by atoms with Gasteiger partial charge in [-0.05, 0) is 74.9 Å². The molecule has 3 aromatic heterocycles. The third-order valence-corrected chi connectivity index (χ3v) is 16.7. The van der Waals surface area contributed by atoms with Gasteiger partial charge in [-0.25, -0.2) is 27.3 Å². The number of pyridine rings is 3. The summed E-state index contributed by atoms with van der Waals surface area (Å²) in [4.78, 5) is 209. The van der Waals surface area contributed by atoms with E-state index in [1.165, 1.54) is 67.0 Å². The first-order valence-corrected chi connectivity index (χ1v) is 33.3. The van der Waals surface area contributed by atoms with Crippen molar-refractivity contribution in [1.29, 1.82) is 10.5 Å². The number of alkyl halides is 4. The molecule has 4 unspecified atom stereocenters. The number of carboxylic acids is 3. The molecule has 0 spiro atoms. The molecule has 6 atom stereocenters. The molecular formula is C68H72F5N17O18. The molecule has 0 aliphatic carbocycles. The van der Waals surface area contributed by atoms with Crippen LogP contribution >= 0.6 is 0 Å². The number of rotatable bonds is 37. The minimum Gasteiger partial charge on any atom is -0.481 e. The lowest BCUT2D eigenvalue weighted by atomic mass is 10.1. The normalized spacial score (nSPS) is 15.8. The standard InChI is InChI=1S/C68H72F5N17O18/c69-49-14-13-36(31-80-49)60(101)79-22-4-2-10-46(66(107)108)86-64(105)47(25-56(97)98)88-65(106)48(26-57(99)100)87-63(104)45(85-53(94)18-17-52(93)84-44-12-6-8-40-42(20-24-78-59(40)44)62(103)82-33-55(96)90-35-68(72,73)28-38(90)30-75)9-1-3-21-76-50(91)15-16-51(92)83-43-11-5-7-39-41(19-23-77-58(39)43)61(102)81-32-54(95)89-34-67(70,71)27-37(89)29-74/h5-8,11-14,19-20,23-24,31,37-38,45-48H,1-4,9-10,15-18,21-22,25-28,32-35H2,(H,76,91)(H,79,101)(H,81,102)(H,82,103)(H,83,92)(H,84,93)(H,85,94)(H,86,105)(H,87,104)(H,88,106)(H,97,98)(H,99,100)(H,107,108)/t37-,38-,45?,46?,47?,48?/m0/s1/i69-1. The Bertz CT molecular complexity index is 4390. The first-order chi connectivity index (χ1) is 51.2. The average molecular weight is 1510 g/mol. The van der Waals surface area contributed by atoms with Gasteiger partial charge in [0.25, 0.3) is 29.6 Å². The van der Waals surface area contributed by atoms with Gasteiger partial charge in [0.05, 0.1) is 90.3 Å². The number of carbonyl (C=O) groups excluding carboxylic acids is 12. The highest BCUT2D eigenvalue weighted by Gasteiger charge is 2.48. The Hall–Kier alpha value is -12.9. The summed E-state index contributed by atoms with van der Waals surface area (Å²) < 4.78 is 69.2. The topological polar surface area (TPSA) is 530 Å². The van der Waals surface area contributed by atoms with E-state index >= 15 is 0 Å². The van der Waals surface area contributed by atoms with Crippen molar-refractivity contribution in [3.05, 3.63) is 102 Å². The van der Waals surface area contributed by atoms with E-state index in [0.717, 1.165) is 12.3 Å². The number of halogens is 5. The minimum absolute atomic E-state index is 0.0144. The summed E-state index contributed by atoms with van der Waals surface area (Å²) >= 11 is 0. The van der Waals surface area contributed by atoms with E-state index in [0.29, 0.717) is 9.80 Å². The van der Waals surface area contributed by atoms with Crippen LogP contribution in [0, 0.1) is 28.6 Å². The van der Waals surface area contributed by atoms with Crippen LogP contribution < -0.4 is 53.2 Å². The number of carboxylic acid groups (broad SMARTS) is 3. The predicted octanol–water partition coefficient (Wildman–Crippen LogP) is 1.29. The number of fused-ring (bicyclic) bond motifs is 2. The lowest BCUT2D eigenvalue weighted by Crippen LogP contribution is -2.58. The number of anilines is 2. The zero-order chi connectivity index (χ0) is 79.0. The number of carbonyl (C=O) groups is 15. The Labute approximate surface area is 608 Å². The second-order valence-corrected chi connectivity index (χ2v) is 24.8. The number of aromatic nitrogens is 3. The number of aliphatic carboxylic acids is 3. The Morgan fingerprint density at radius 1 is 0.500 bits per heavy atom. The van der Waals surface area contributed by atoms with Crippen molar-refractivity contribution >= 4 is 122 Å². The number of nitrogens with zero attached hydrogens (tertiary/aromatic N) is 7. The van der Waals surface area contributed by atoms with Gasteiger partial charge in [0, 0.05) is 81.0 Å². The van der Waals surface area contributed by atoms with Gasteiger partial charge < -0.3 is 78.3 Å². The Morgan fingerprint density at radius 2 is 0.935 bits per heavy atom. The summed E-state index contributed by atoms with van der Waals surface area (Å²) in [5.41, 5.74) is 0.220. The molecule has 2 aromatic carbocycles. The number of nitrogens with one attached hydrogen (secondary N) is 10. The van der Waals surface area contributed by atoms with E-state index in [-0.39, 0.29) is 108 Å². The van der Waals surface area contributed by atoms with Gasteiger partial charge in [0.2, 0.25) is 59.1 Å². The predicted molar refractivity (Wildman–Crippen MR) is 362 cm³/mol. The summed E-state index contributed by atoms with van der Waals surface area (Å²) in [5.74, 6) is -23.8. The fourth-order valence-electron chi connectivity index (χ4n) is 11.4. The largest absolute Gasteiger partial charge is 0.481 e. The van der Waals surface area contributed by atoms with Crippen molar-refractivity contribution in [2.75, 3.05) is 49.9 Å². The van der Waals surface area contributed by atoms with Crippen LogP contribution in [0.2, 0.25) is 0 Å². The van der Waals surface area contributed by atoms with Crippen molar-refractivity contribution in [2.45, 2.75) is 138 Å². The molecule has 5 heterocycles. The third kappa shape index (κ3) is 24.1. The number of amides is 12. The zero-order valence-corrected chi connectivity index (χ0v) is 57.1. The van der Waals surface area contributed by atoms with Crippen molar-refractivity contribution in [2.24, 2.45) is 0 Å². The summed E-state index contributed by atoms with van der Waals surface area (Å²) in [6.07, 6.45) is -3.30. The van der Waals surface area contributed by atoms with Gasteiger partial charge in [0.15, 0.2) is 0 Å². The zero-order valence-electron chi connectivity index (χ0n) is 57.1. The number of hydrogen-bond acceptors (Lipinski definition) is 20. The van der Waals surface area contributed by atoms with Crippen LogP contribution in [0.5, 0.6) is 0 Å². The fraction of sp³-hybridized carbons (Fsp3) is 0.412. The molecule has 2 aliphatic rings. The van der Waals surface area contributed by atoms with E-state index in [4.69, 9.17) is 0 Å². The third-order valence-electron chi connectivity index (χ3n) is 16.7. The molecule has 572 valence electrons. The highest BCUT2D eigenvalue weighted by atomic mass is 19.3. The quantitative estimate of drug-likeness (QED) is 0.0151. The summed E-state index contributed by atoms with van der Waals surface area (Å²) in [6, 6.07) is 6.19. The molecule has 13 N–H and O–H groups in total. The molecule has 2 aliphatic heterocycles. The van der Waals surface area contributed by atoms with Crippen LogP contribution in [0.3, 0.4) is 0 Å². The van der Waals surface area contributed by atoms with Crippen LogP contribution in [0.1, 0.15) is 121 Å². The van der Waals surface area contributed by atoms with E-state index in [9.17, 15) is 120 Å². The smallest absolute Gasteiger partial charge is 0.326 e. The number of hydrogen-bond donors (Lipinski definition) is 13. The van der Waals surface area contributed by atoms with Gasteiger partial charge in [-0.3, -0.25) is 77.1 Å².